The van der Waals surface area contributed by atoms with Gasteiger partial charge in [0.15, 0.2) is 0 Å². The monoisotopic (exact) mass is 515 g/mol. The Balaban J connectivity index is 2.20. The van der Waals surface area contributed by atoms with E-state index < -0.39 is 21.6 Å². The fourth-order valence-electron chi connectivity index (χ4n) is 4.05. The van der Waals surface area contributed by atoms with E-state index in [1.807, 2.05) is 77.1 Å². The number of benzene rings is 2. The van der Waals surface area contributed by atoms with Gasteiger partial charge in [-0.2, -0.15) is 0 Å². The molecule has 0 radical (unpaired) electrons. The fraction of sp³-hybridized carbons (Fsp3) is 0.500. The normalized spacial score (nSPS) is 12.6. The van der Waals surface area contributed by atoms with Crippen molar-refractivity contribution in [1.29, 1.82) is 0 Å². The minimum atomic E-state index is -3.51. The number of hydrogen-bond acceptors (Lipinski definition) is 4. The van der Waals surface area contributed by atoms with Gasteiger partial charge in [0.2, 0.25) is 21.8 Å². The molecular formula is C28H41N3O4S. The summed E-state index contributed by atoms with van der Waals surface area (Å²) in [6, 6.07) is 16.4. The van der Waals surface area contributed by atoms with Gasteiger partial charge in [0, 0.05) is 25.0 Å². The number of anilines is 1. The van der Waals surface area contributed by atoms with Crippen LogP contribution >= 0.6 is 0 Å². The molecule has 36 heavy (non-hydrogen) atoms. The lowest BCUT2D eigenvalue weighted by molar-refractivity contribution is -0.142. The summed E-state index contributed by atoms with van der Waals surface area (Å²) in [5.41, 5.74) is 2.22. The zero-order valence-corrected chi connectivity index (χ0v) is 23.3. The van der Waals surface area contributed by atoms with Crippen molar-refractivity contribution >= 4 is 27.5 Å². The van der Waals surface area contributed by atoms with Crippen molar-refractivity contribution in [1.82, 2.24) is 10.2 Å². The van der Waals surface area contributed by atoms with Gasteiger partial charge in [0.1, 0.15) is 6.04 Å². The Morgan fingerprint density at radius 2 is 1.56 bits per heavy atom. The summed E-state index contributed by atoms with van der Waals surface area (Å²) in [6.45, 7) is 10.2. The molecule has 2 amide bonds. The molecule has 1 unspecified atom stereocenters. The van der Waals surface area contributed by atoms with Gasteiger partial charge in [-0.05, 0) is 63.3 Å². The number of nitrogens with zero attached hydrogens (tertiary/aromatic N) is 2. The molecule has 0 bridgehead atoms. The van der Waals surface area contributed by atoms with E-state index >= 15 is 0 Å². The number of aryl methyl sites for hydroxylation is 1. The van der Waals surface area contributed by atoms with E-state index in [2.05, 4.69) is 5.32 Å². The molecule has 7 nitrogen and oxygen atoms in total. The van der Waals surface area contributed by atoms with Crippen LogP contribution in [0.25, 0.3) is 0 Å². The zero-order chi connectivity index (χ0) is 26.9. The lowest BCUT2D eigenvalue weighted by atomic mass is 10.0. The molecule has 0 spiro atoms. The molecule has 0 heterocycles. The van der Waals surface area contributed by atoms with Crippen molar-refractivity contribution in [2.24, 2.45) is 0 Å². The third-order valence-electron chi connectivity index (χ3n) is 5.86. The second-order valence-corrected chi connectivity index (χ2v) is 12.0. The predicted octanol–water partition coefficient (Wildman–Crippen LogP) is 4.52. The van der Waals surface area contributed by atoms with Crippen LogP contribution in [0.2, 0.25) is 0 Å². The molecule has 2 aromatic carbocycles. The average molecular weight is 516 g/mol. The van der Waals surface area contributed by atoms with Gasteiger partial charge in [-0.25, -0.2) is 8.42 Å². The lowest BCUT2D eigenvalue weighted by Gasteiger charge is -2.33. The quantitative estimate of drug-likeness (QED) is 0.450. The Labute approximate surface area is 216 Å². The van der Waals surface area contributed by atoms with Crippen LogP contribution in [0, 0.1) is 0 Å². The minimum absolute atomic E-state index is 0.130. The lowest BCUT2D eigenvalue weighted by Crippen LogP contribution is -2.53. The first-order chi connectivity index (χ1) is 16.9. The molecule has 0 saturated carbocycles. The standard InChI is InChI=1S/C28H41N3O4S/c1-7-22-16-18-24(19-17-22)31(36(6,34)35)20-12-15-26(32)30(21-23-13-10-9-11-14-23)25(8-2)27(33)29-28(3,4)5/h9-11,13-14,16-19,25H,7-8,12,15,20-21H2,1-6H3,(H,29,33). The Morgan fingerprint density at radius 3 is 2.06 bits per heavy atom. The van der Waals surface area contributed by atoms with E-state index in [0.29, 0.717) is 25.1 Å². The van der Waals surface area contributed by atoms with Gasteiger partial charge in [-0.3, -0.25) is 13.9 Å². The first-order valence-corrected chi connectivity index (χ1v) is 14.4. The highest BCUT2D eigenvalue weighted by atomic mass is 32.2. The van der Waals surface area contributed by atoms with Gasteiger partial charge in [0.05, 0.1) is 11.9 Å². The molecule has 2 rings (SSSR count). The predicted molar refractivity (Wildman–Crippen MR) is 146 cm³/mol. The third kappa shape index (κ3) is 8.97. The van der Waals surface area contributed by atoms with Crippen molar-refractivity contribution in [3.8, 4) is 0 Å². The smallest absolute Gasteiger partial charge is 0.243 e. The molecule has 0 aromatic heterocycles. The van der Waals surface area contributed by atoms with E-state index in [1.165, 1.54) is 10.6 Å². The van der Waals surface area contributed by atoms with Crippen LogP contribution in [0.1, 0.15) is 65.0 Å². The Morgan fingerprint density at radius 1 is 0.944 bits per heavy atom. The van der Waals surface area contributed by atoms with Gasteiger partial charge in [-0.15, -0.1) is 0 Å². The van der Waals surface area contributed by atoms with E-state index in [1.54, 1.807) is 17.0 Å². The number of nitrogens with one attached hydrogen (secondary N) is 1. The molecule has 2 aromatic rings. The molecule has 0 aliphatic rings. The van der Waals surface area contributed by atoms with Crippen LogP contribution < -0.4 is 9.62 Å². The van der Waals surface area contributed by atoms with Crippen molar-refractivity contribution in [2.75, 3.05) is 17.1 Å². The van der Waals surface area contributed by atoms with E-state index in [-0.39, 0.29) is 24.8 Å². The summed E-state index contributed by atoms with van der Waals surface area (Å²) in [7, 11) is -3.51. The van der Waals surface area contributed by atoms with E-state index in [4.69, 9.17) is 0 Å². The summed E-state index contributed by atoms with van der Waals surface area (Å²) >= 11 is 0. The SMILES string of the molecule is CCc1ccc(N(CCCC(=O)N(Cc2ccccc2)C(CC)C(=O)NC(C)(C)C)S(C)(=O)=O)cc1. The van der Waals surface area contributed by atoms with Gasteiger partial charge >= 0.3 is 0 Å². The van der Waals surface area contributed by atoms with Crippen molar-refractivity contribution < 1.29 is 18.0 Å². The second kappa shape index (κ2) is 12.9. The largest absolute Gasteiger partial charge is 0.350 e. The number of rotatable bonds is 12. The second-order valence-electron chi connectivity index (χ2n) is 10.1. The van der Waals surface area contributed by atoms with Crippen molar-refractivity contribution in [2.45, 2.75) is 78.4 Å². The molecule has 1 atom stereocenters. The maximum atomic E-state index is 13.4. The average Bonchev–Trinajstić information content (AvgIpc) is 2.80. The molecule has 0 aliphatic heterocycles. The summed E-state index contributed by atoms with van der Waals surface area (Å²) in [4.78, 5) is 28.2. The summed E-state index contributed by atoms with van der Waals surface area (Å²) in [5.74, 6) is -0.368. The maximum absolute atomic E-state index is 13.4. The highest BCUT2D eigenvalue weighted by Gasteiger charge is 2.30. The van der Waals surface area contributed by atoms with E-state index in [0.717, 1.165) is 17.5 Å². The molecule has 0 aliphatic carbocycles. The molecular weight excluding hydrogens is 474 g/mol. The topological polar surface area (TPSA) is 86.8 Å². The Bertz CT molecular complexity index is 1090. The van der Waals surface area contributed by atoms with Crippen LogP contribution in [0.5, 0.6) is 0 Å². The number of amides is 2. The summed E-state index contributed by atoms with van der Waals surface area (Å²) in [5, 5.41) is 3.00. The summed E-state index contributed by atoms with van der Waals surface area (Å²) < 4.78 is 26.3. The number of carbonyl (C=O) groups excluding carboxylic acids is 2. The van der Waals surface area contributed by atoms with Crippen molar-refractivity contribution in [3.63, 3.8) is 0 Å². The van der Waals surface area contributed by atoms with E-state index in [9.17, 15) is 18.0 Å². The first-order valence-electron chi connectivity index (χ1n) is 12.6. The molecule has 0 saturated heterocycles. The van der Waals surface area contributed by atoms with Crippen LogP contribution in [-0.2, 0) is 32.6 Å². The highest BCUT2D eigenvalue weighted by molar-refractivity contribution is 7.92. The molecule has 1 N–H and O–H groups in total. The van der Waals surface area contributed by atoms with Crippen LogP contribution in [-0.4, -0.2) is 49.5 Å². The van der Waals surface area contributed by atoms with Gasteiger partial charge < -0.3 is 10.2 Å². The zero-order valence-electron chi connectivity index (χ0n) is 22.5. The van der Waals surface area contributed by atoms with Crippen molar-refractivity contribution in [3.05, 3.63) is 65.7 Å². The number of sulfonamides is 1. The van der Waals surface area contributed by atoms with Gasteiger partial charge in [0.25, 0.3) is 0 Å². The molecule has 0 fully saturated rings. The molecule has 198 valence electrons. The Hall–Kier alpha value is -2.87. The Kier molecular flexibility index (Phi) is 10.5. The highest BCUT2D eigenvalue weighted by Crippen LogP contribution is 2.21. The van der Waals surface area contributed by atoms with Crippen LogP contribution in [0.4, 0.5) is 5.69 Å². The maximum Gasteiger partial charge on any atom is 0.243 e. The minimum Gasteiger partial charge on any atom is -0.350 e. The summed E-state index contributed by atoms with van der Waals surface area (Å²) in [6.07, 6.45) is 2.98. The number of hydrogen-bond donors (Lipinski definition) is 1. The third-order valence-corrected chi connectivity index (χ3v) is 7.06. The fourth-order valence-corrected chi connectivity index (χ4v) is 5.02. The number of carbonyl (C=O) groups is 2. The van der Waals surface area contributed by atoms with Gasteiger partial charge in [-0.1, -0.05) is 56.3 Å². The molecule has 8 heteroatoms. The van der Waals surface area contributed by atoms with Crippen LogP contribution in [0.3, 0.4) is 0 Å². The van der Waals surface area contributed by atoms with Crippen LogP contribution in [0.15, 0.2) is 54.6 Å². The first kappa shape index (κ1) is 29.4.